The molecule has 96 valence electrons. The lowest BCUT2D eigenvalue weighted by Crippen LogP contribution is -1.94. The number of pyridine rings is 1. The van der Waals surface area contributed by atoms with Crippen LogP contribution in [-0.2, 0) is 0 Å². The molecule has 0 aliphatic rings. The van der Waals surface area contributed by atoms with Gasteiger partial charge < -0.3 is 5.73 Å². The number of benzene rings is 1. The van der Waals surface area contributed by atoms with Gasteiger partial charge in [0.2, 0.25) is 0 Å². The van der Waals surface area contributed by atoms with E-state index in [0.29, 0.717) is 5.82 Å². The average Bonchev–Trinajstić information content (AvgIpc) is 2.69. The van der Waals surface area contributed by atoms with Crippen molar-refractivity contribution in [2.45, 2.75) is 6.92 Å². The van der Waals surface area contributed by atoms with Crippen molar-refractivity contribution in [1.29, 1.82) is 0 Å². The molecule has 0 saturated heterocycles. The third kappa shape index (κ3) is 2.17. The first-order valence-electron chi connectivity index (χ1n) is 5.76. The molecule has 1 aromatic carbocycles. The topological polar surface area (TPSA) is 43.3 Å². The number of hydrogen-bond donors (Lipinski definition) is 1. The highest BCUT2D eigenvalue weighted by molar-refractivity contribution is 9.10. The van der Waals surface area contributed by atoms with Gasteiger partial charge in [0.15, 0.2) is 0 Å². The van der Waals surface area contributed by atoms with Gasteiger partial charge in [-0.05, 0) is 46.6 Å². The highest BCUT2D eigenvalue weighted by atomic mass is 79.9. The molecule has 3 rings (SSSR count). The van der Waals surface area contributed by atoms with E-state index in [2.05, 4.69) is 36.8 Å². The summed E-state index contributed by atoms with van der Waals surface area (Å²) in [4.78, 5) is 4.62. The highest BCUT2D eigenvalue weighted by Crippen LogP contribution is 2.29. The zero-order valence-corrected chi connectivity index (χ0v) is 13.4. The first-order chi connectivity index (χ1) is 9.06. The minimum Gasteiger partial charge on any atom is -0.383 e. The Balaban J connectivity index is 2.25. The maximum atomic E-state index is 6.20. The number of aromatic nitrogens is 2. The fourth-order valence-electron chi connectivity index (χ4n) is 2.00. The second kappa shape index (κ2) is 4.65. The first kappa shape index (κ1) is 12.7. The molecule has 3 nitrogen and oxygen atoms in total. The maximum absolute atomic E-state index is 6.20. The monoisotopic (exact) mass is 379 g/mol. The van der Waals surface area contributed by atoms with E-state index in [0.717, 1.165) is 31.4 Å². The summed E-state index contributed by atoms with van der Waals surface area (Å²) in [5.41, 5.74) is 10.0. The molecule has 5 heteroatoms. The van der Waals surface area contributed by atoms with Gasteiger partial charge >= 0.3 is 0 Å². The molecule has 2 N–H and O–H groups in total. The Kier molecular flexibility index (Phi) is 3.11. The van der Waals surface area contributed by atoms with E-state index in [9.17, 15) is 0 Å². The van der Waals surface area contributed by atoms with Gasteiger partial charge in [-0.15, -0.1) is 0 Å². The van der Waals surface area contributed by atoms with E-state index in [1.807, 2.05) is 47.9 Å². The molecule has 0 spiro atoms. The summed E-state index contributed by atoms with van der Waals surface area (Å²) in [5, 5.41) is 0. The number of hydrogen-bond acceptors (Lipinski definition) is 2. The highest BCUT2D eigenvalue weighted by Gasteiger charge is 2.12. The Bertz CT molecular complexity index is 760. The Hall–Kier alpha value is -1.33. The molecule has 0 saturated carbocycles. The molecular weight excluding hydrogens is 370 g/mol. The van der Waals surface area contributed by atoms with Gasteiger partial charge in [0.25, 0.3) is 0 Å². The van der Waals surface area contributed by atoms with Gasteiger partial charge in [-0.1, -0.05) is 28.1 Å². The molecule has 0 radical (unpaired) electrons. The molecule has 0 amide bonds. The van der Waals surface area contributed by atoms with Crippen molar-refractivity contribution < 1.29 is 0 Å². The van der Waals surface area contributed by atoms with Gasteiger partial charge in [0.1, 0.15) is 17.2 Å². The number of nitrogens with zero attached hydrogens (tertiary/aromatic N) is 2. The van der Waals surface area contributed by atoms with Crippen molar-refractivity contribution in [1.82, 2.24) is 9.38 Å². The number of nitrogens with two attached hydrogens (primary N) is 1. The normalized spacial score (nSPS) is 11.1. The van der Waals surface area contributed by atoms with Crippen LogP contribution < -0.4 is 5.73 Å². The number of halogens is 2. The van der Waals surface area contributed by atoms with Crippen molar-refractivity contribution in [2.75, 3.05) is 5.73 Å². The fraction of sp³-hybridized carbons (Fsp3) is 0.0714. The maximum Gasteiger partial charge on any atom is 0.139 e. The van der Waals surface area contributed by atoms with Crippen LogP contribution in [0.15, 0.2) is 45.5 Å². The van der Waals surface area contributed by atoms with Gasteiger partial charge in [0, 0.05) is 20.7 Å². The zero-order chi connectivity index (χ0) is 13.6. The molecule has 3 aromatic rings. The van der Waals surface area contributed by atoms with Crippen molar-refractivity contribution in [3.05, 3.63) is 51.0 Å². The molecule has 2 heterocycles. The van der Waals surface area contributed by atoms with Crippen molar-refractivity contribution in [2.24, 2.45) is 0 Å². The van der Waals surface area contributed by atoms with Crippen LogP contribution in [0.4, 0.5) is 5.82 Å². The fourth-order valence-corrected chi connectivity index (χ4v) is 2.58. The third-order valence-electron chi connectivity index (χ3n) is 3.06. The van der Waals surface area contributed by atoms with Crippen LogP contribution in [0.3, 0.4) is 0 Å². The van der Waals surface area contributed by atoms with Crippen molar-refractivity contribution >= 4 is 43.3 Å². The molecule has 19 heavy (non-hydrogen) atoms. The zero-order valence-electron chi connectivity index (χ0n) is 10.2. The smallest absolute Gasteiger partial charge is 0.139 e. The van der Waals surface area contributed by atoms with Crippen LogP contribution in [0.25, 0.3) is 16.9 Å². The van der Waals surface area contributed by atoms with E-state index in [-0.39, 0.29) is 0 Å². The molecule has 0 unspecified atom stereocenters. The molecular formula is C14H11Br2N3. The number of nitrogen functional groups attached to an aromatic ring is 1. The van der Waals surface area contributed by atoms with Crippen LogP contribution in [0.2, 0.25) is 0 Å². The lowest BCUT2D eigenvalue weighted by molar-refractivity contribution is 1.16. The summed E-state index contributed by atoms with van der Waals surface area (Å²) < 4.78 is 3.96. The van der Waals surface area contributed by atoms with Crippen LogP contribution in [0.1, 0.15) is 5.56 Å². The van der Waals surface area contributed by atoms with Crippen LogP contribution >= 0.6 is 31.9 Å². The number of anilines is 1. The van der Waals surface area contributed by atoms with Crippen LogP contribution in [0.5, 0.6) is 0 Å². The number of rotatable bonds is 1. The first-order valence-corrected chi connectivity index (χ1v) is 7.34. The van der Waals surface area contributed by atoms with Crippen LogP contribution in [0, 0.1) is 6.92 Å². The Morgan fingerprint density at radius 3 is 2.53 bits per heavy atom. The number of fused-ring (bicyclic) bond motifs is 1. The molecule has 2 aromatic heterocycles. The molecule has 0 aliphatic heterocycles. The Labute approximate surface area is 127 Å². The summed E-state index contributed by atoms with van der Waals surface area (Å²) in [5.74, 6) is 0.651. The third-order valence-corrected chi connectivity index (χ3v) is 4.42. The van der Waals surface area contributed by atoms with E-state index >= 15 is 0 Å². The summed E-state index contributed by atoms with van der Waals surface area (Å²) in [6.07, 6.45) is 1.95. The predicted molar refractivity (Wildman–Crippen MR) is 85.2 cm³/mol. The Morgan fingerprint density at radius 1 is 1.16 bits per heavy atom. The minimum atomic E-state index is 0.651. The Morgan fingerprint density at radius 2 is 1.84 bits per heavy atom. The number of imidazole rings is 1. The summed E-state index contributed by atoms with van der Waals surface area (Å²) in [6, 6.07) is 10.00. The van der Waals surface area contributed by atoms with Gasteiger partial charge in [-0.2, -0.15) is 0 Å². The second-order valence-corrected chi connectivity index (χ2v) is 6.16. The van der Waals surface area contributed by atoms with Crippen molar-refractivity contribution in [3.63, 3.8) is 0 Å². The lowest BCUT2D eigenvalue weighted by Gasteiger charge is -2.01. The van der Waals surface area contributed by atoms with Gasteiger partial charge in [-0.3, -0.25) is 4.40 Å². The van der Waals surface area contributed by atoms with Crippen LogP contribution in [-0.4, -0.2) is 9.38 Å². The van der Waals surface area contributed by atoms with E-state index in [1.54, 1.807) is 0 Å². The van der Waals surface area contributed by atoms with Crippen molar-refractivity contribution in [3.8, 4) is 11.3 Å². The SMILES string of the molecule is Cc1cc2nc(-c3ccc(Br)cc3)c(N)n2cc1Br. The molecule has 0 aliphatic carbocycles. The average molecular weight is 381 g/mol. The van der Waals surface area contributed by atoms with E-state index in [1.165, 1.54) is 0 Å². The molecule has 0 fully saturated rings. The second-order valence-electron chi connectivity index (χ2n) is 4.39. The molecule has 0 atom stereocenters. The number of aryl methyl sites for hydroxylation is 1. The summed E-state index contributed by atoms with van der Waals surface area (Å²) >= 11 is 6.94. The van der Waals surface area contributed by atoms with E-state index < -0.39 is 0 Å². The predicted octanol–water partition coefficient (Wildman–Crippen LogP) is 4.42. The summed E-state index contributed by atoms with van der Waals surface area (Å²) in [6.45, 7) is 2.04. The standard InChI is InChI=1S/C14H11Br2N3/c1-8-6-12-18-13(9-2-4-10(15)5-3-9)14(17)19(12)7-11(8)16/h2-7H,17H2,1H3. The quantitative estimate of drug-likeness (QED) is 0.679. The van der Waals surface area contributed by atoms with Gasteiger partial charge in [0.05, 0.1) is 0 Å². The lowest BCUT2D eigenvalue weighted by atomic mass is 10.1. The van der Waals surface area contributed by atoms with E-state index in [4.69, 9.17) is 5.73 Å². The molecule has 0 bridgehead atoms. The minimum absolute atomic E-state index is 0.651. The largest absolute Gasteiger partial charge is 0.383 e. The van der Waals surface area contributed by atoms with Gasteiger partial charge in [-0.25, -0.2) is 4.98 Å². The summed E-state index contributed by atoms with van der Waals surface area (Å²) in [7, 11) is 0.